The lowest BCUT2D eigenvalue weighted by Gasteiger charge is -2.45. The number of hydrogen-bond acceptors (Lipinski definition) is 3. The van der Waals surface area contributed by atoms with Gasteiger partial charge in [0.1, 0.15) is 5.66 Å². The molecule has 2 atom stereocenters. The van der Waals surface area contributed by atoms with Crippen molar-refractivity contribution in [2.45, 2.75) is 45.7 Å². The van der Waals surface area contributed by atoms with Gasteiger partial charge in [0.2, 0.25) is 0 Å². The van der Waals surface area contributed by atoms with Gasteiger partial charge in [-0.2, -0.15) is 0 Å². The maximum absolute atomic E-state index is 9.02. The standard InChI is InChI=1S/C12H23N3OS/c1-9-6-11(2,3)8-12(7-9)13-10(17)15(14-12)4-5-16/h9,14,16H,4-8H2,1-3H3,(H,13,17)/t9-,12-/m1/s1. The first-order valence-electron chi connectivity index (χ1n) is 6.34. The van der Waals surface area contributed by atoms with Crippen molar-refractivity contribution < 1.29 is 5.11 Å². The summed E-state index contributed by atoms with van der Waals surface area (Å²) < 4.78 is 0. The minimum absolute atomic E-state index is 0.104. The maximum atomic E-state index is 9.02. The Morgan fingerprint density at radius 1 is 1.47 bits per heavy atom. The van der Waals surface area contributed by atoms with Crippen LogP contribution < -0.4 is 10.7 Å². The van der Waals surface area contributed by atoms with E-state index in [0.29, 0.717) is 23.0 Å². The molecule has 0 aromatic rings. The first-order valence-corrected chi connectivity index (χ1v) is 6.75. The highest BCUT2D eigenvalue weighted by molar-refractivity contribution is 7.80. The number of hydrazine groups is 1. The third-order valence-corrected chi connectivity index (χ3v) is 3.96. The van der Waals surface area contributed by atoms with Gasteiger partial charge in [0, 0.05) is 0 Å². The van der Waals surface area contributed by atoms with Crippen LogP contribution >= 0.6 is 12.2 Å². The van der Waals surface area contributed by atoms with E-state index >= 15 is 0 Å². The minimum atomic E-state index is -0.104. The number of aliphatic hydroxyl groups is 1. The second-order valence-electron chi connectivity index (χ2n) is 6.35. The summed E-state index contributed by atoms with van der Waals surface area (Å²) in [6.45, 7) is 7.58. The highest BCUT2D eigenvalue weighted by Gasteiger charge is 2.47. The van der Waals surface area contributed by atoms with Gasteiger partial charge in [0.25, 0.3) is 0 Å². The van der Waals surface area contributed by atoms with Crippen LogP contribution in [-0.4, -0.2) is 34.0 Å². The van der Waals surface area contributed by atoms with Gasteiger partial charge in [-0.05, 0) is 42.8 Å². The lowest BCUT2D eigenvalue weighted by Crippen LogP contribution is -2.57. The largest absolute Gasteiger partial charge is 0.394 e. The molecule has 17 heavy (non-hydrogen) atoms. The minimum Gasteiger partial charge on any atom is -0.394 e. The van der Waals surface area contributed by atoms with Crippen molar-refractivity contribution in [1.82, 2.24) is 15.8 Å². The molecule has 5 heteroatoms. The molecule has 1 spiro atoms. The molecule has 0 unspecified atom stereocenters. The summed E-state index contributed by atoms with van der Waals surface area (Å²) in [5, 5.41) is 15.0. The van der Waals surface area contributed by atoms with Gasteiger partial charge in [-0.25, -0.2) is 5.43 Å². The van der Waals surface area contributed by atoms with Crippen LogP contribution in [0.5, 0.6) is 0 Å². The topological polar surface area (TPSA) is 47.5 Å². The van der Waals surface area contributed by atoms with Crippen LogP contribution in [0.4, 0.5) is 0 Å². The van der Waals surface area contributed by atoms with Gasteiger partial charge in [-0.1, -0.05) is 20.8 Å². The average Bonchev–Trinajstić information content (AvgIpc) is 2.38. The Morgan fingerprint density at radius 2 is 2.18 bits per heavy atom. The summed E-state index contributed by atoms with van der Waals surface area (Å²) in [4.78, 5) is 0. The van der Waals surface area contributed by atoms with E-state index in [-0.39, 0.29) is 12.3 Å². The van der Waals surface area contributed by atoms with Crippen molar-refractivity contribution in [3.05, 3.63) is 0 Å². The summed E-state index contributed by atoms with van der Waals surface area (Å²) in [5.74, 6) is 0.677. The van der Waals surface area contributed by atoms with Crippen LogP contribution in [0.15, 0.2) is 0 Å². The monoisotopic (exact) mass is 257 g/mol. The van der Waals surface area contributed by atoms with Crippen LogP contribution in [0.3, 0.4) is 0 Å². The zero-order valence-corrected chi connectivity index (χ0v) is 11.7. The molecule has 2 fully saturated rings. The first-order chi connectivity index (χ1) is 7.86. The molecule has 1 aliphatic heterocycles. The molecule has 1 aliphatic carbocycles. The molecule has 2 aliphatic rings. The van der Waals surface area contributed by atoms with E-state index in [1.165, 1.54) is 6.42 Å². The Kier molecular flexibility index (Phi) is 3.36. The van der Waals surface area contributed by atoms with Gasteiger partial charge in [-0.3, -0.25) is 5.01 Å². The number of nitrogens with zero attached hydrogens (tertiary/aromatic N) is 1. The fourth-order valence-electron chi connectivity index (χ4n) is 3.62. The Labute approximate surface area is 109 Å². The Morgan fingerprint density at radius 3 is 2.76 bits per heavy atom. The zero-order valence-electron chi connectivity index (χ0n) is 10.9. The quantitative estimate of drug-likeness (QED) is 0.649. The third kappa shape index (κ3) is 2.72. The van der Waals surface area contributed by atoms with Crippen LogP contribution in [-0.2, 0) is 0 Å². The van der Waals surface area contributed by atoms with E-state index in [2.05, 4.69) is 31.5 Å². The highest BCUT2D eigenvalue weighted by Crippen LogP contribution is 2.43. The Balaban J connectivity index is 2.12. The van der Waals surface area contributed by atoms with Gasteiger partial charge in [-0.15, -0.1) is 0 Å². The number of hydrogen-bond donors (Lipinski definition) is 3. The van der Waals surface area contributed by atoms with Gasteiger partial charge < -0.3 is 10.4 Å². The molecule has 0 amide bonds. The molecule has 0 aromatic heterocycles. The Bertz CT molecular complexity index is 321. The van der Waals surface area contributed by atoms with Crippen molar-refractivity contribution >= 4 is 17.3 Å². The SMILES string of the molecule is C[C@@H]1CC(C)(C)C[C@]2(C1)NC(=S)N(CCO)N2. The molecule has 4 nitrogen and oxygen atoms in total. The van der Waals surface area contributed by atoms with Gasteiger partial charge in [0.05, 0.1) is 13.2 Å². The summed E-state index contributed by atoms with van der Waals surface area (Å²) in [6.07, 6.45) is 3.40. The molecular weight excluding hydrogens is 234 g/mol. The average molecular weight is 257 g/mol. The highest BCUT2D eigenvalue weighted by atomic mass is 32.1. The molecule has 1 saturated heterocycles. The molecule has 0 radical (unpaired) electrons. The van der Waals surface area contributed by atoms with E-state index in [9.17, 15) is 0 Å². The van der Waals surface area contributed by atoms with Crippen molar-refractivity contribution in [2.24, 2.45) is 11.3 Å². The number of β-amino-alcohol motifs (C(OH)–C–C–N with tert-alkyl or cyclic N) is 1. The molecular formula is C12H23N3OS. The van der Waals surface area contributed by atoms with Gasteiger partial charge in [0.15, 0.2) is 5.11 Å². The second-order valence-corrected chi connectivity index (χ2v) is 6.74. The maximum Gasteiger partial charge on any atom is 0.185 e. The van der Waals surface area contributed by atoms with Crippen molar-refractivity contribution in [3.63, 3.8) is 0 Å². The molecule has 1 heterocycles. The summed E-state index contributed by atoms with van der Waals surface area (Å²) >= 11 is 5.31. The number of nitrogens with one attached hydrogen (secondary N) is 2. The molecule has 0 bridgehead atoms. The third-order valence-electron chi connectivity index (χ3n) is 3.64. The molecule has 3 N–H and O–H groups in total. The van der Waals surface area contributed by atoms with Crippen LogP contribution in [0.2, 0.25) is 0 Å². The van der Waals surface area contributed by atoms with E-state index < -0.39 is 0 Å². The molecule has 1 saturated carbocycles. The lowest BCUT2D eigenvalue weighted by atomic mass is 9.68. The van der Waals surface area contributed by atoms with Crippen LogP contribution in [0.25, 0.3) is 0 Å². The van der Waals surface area contributed by atoms with E-state index in [4.69, 9.17) is 17.3 Å². The summed E-state index contributed by atoms with van der Waals surface area (Å²) in [6, 6.07) is 0. The van der Waals surface area contributed by atoms with E-state index in [0.717, 1.165) is 12.8 Å². The molecule has 0 aromatic carbocycles. The number of aliphatic hydroxyl groups excluding tert-OH is 1. The Hall–Kier alpha value is -0.390. The van der Waals surface area contributed by atoms with Crippen LogP contribution in [0.1, 0.15) is 40.0 Å². The lowest BCUT2D eigenvalue weighted by molar-refractivity contribution is 0.0530. The normalized spacial score (nSPS) is 36.4. The van der Waals surface area contributed by atoms with Gasteiger partial charge >= 0.3 is 0 Å². The predicted octanol–water partition coefficient (Wildman–Crippen LogP) is 1.22. The van der Waals surface area contributed by atoms with E-state index in [1.807, 2.05) is 5.01 Å². The smallest absolute Gasteiger partial charge is 0.185 e. The van der Waals surface area contributed by atoms with Crippen molar-refractivity contribution in [1.29, 1.82) is 0 Å². The fourth-order valence-corrected chi connectivity index (χ4v) is 3.95. The van der Waals surface area contributed by atoms with E-state index in [1.54, 1.807) is 0 Å². The zero-order chi connectivity index (χ0) is 12.7. The summed E-state index contributed by atoms with van der Waals surface area (Å²) in [5.41, 5.74) is 3.68. The molecule has 98 valence electrons. The summed E-state index contributed by atoms with van der Waals surface area (Å²) in [7, 11) is 0. The predicted molar refractivity (Wildman–Crippen MR) is 72.2 cm³/mol. The molecule has 2 rings (SSSR count). The van der Waals surface area contributed by atoms with Crippen LogP contribution in [0, 0.1) is 11.3 Å². The van der Waals surface area contributed by atoms with Crippen molar-refractivity contribution in [2.75, 3.05) is 13.2 Å². The first kappa shape index (κ1) is 13.1. The van der Waals surface area contributed by atoms with Crippen molar-refractivity contribution in [3.8, 4) is 0 Å². The number of thiocarbonyl (C=S) groups is 1. The second kappa shape index (κ2) is 4.37. The number of rotatable bonds is 2. The fraction of sp³-hybridized carbons (Fsp3) is 0.917.